The van der Waals surface area contributed by atoms with Crippen molar-refractivity contribution in [3.8, 4) is 6.07 Å². The maximum atomic E-state index is 10.6. The summed E-state index contributed by atoms with van der Waals surface area (Å²) in [5.74, 6) is 0.378. The summed E-state index contributed by atoms with van der Waals surface area (Å²) in [7, 11) is 1.72. The largest absolute Gasteiger partial charge is 0.393 e. The van der Waals surface area contributed by atoms with Crippen molar-refractivity contribution in [3.05, 3.63) is 27.9 Å². The van der Waals surface area contributed by atoms with Crippen LogP contribution in [-0.4, -0.2) is 34.7 Å². The Hall–Kier alpha value is -2.20. The SMILES string of the molecule is CC(O)CCN(C)c1ncc([N+](=O)[O-])cc1C#N. The molecule has 1 unspecified atom stereocenters. The molecule has 0 spiro atoms. The number of anilines is 1. The van der Waals surface area contributed by atoms with E-state index in [1.807, 2.05) is 6.07 Å². The number of hydrogen-bond donors (Lipinski definition) is 1. The van der Waals surface area contributed by atoms with E-state index in [9.17, 15) is 15.2 Å². The van der Waals surface area contributed by atoms with Crippen LogP contribution in [0.5, 0.6) is 0 Å². The van der Waals surface area contributed by atoms with Gasteiger partial charge in [0.05, 0.1) is 11.0 Å². The normalized spacial score (nSPS) is 11.7. The Morgan fingerprint density at radius 1 is 1.72 bits per heavy atom. The van der Waals surface area contributed by atoms with E-state index in [0.717, 1.165) is 6.20 Å². The van der Waals surface area contributed by atoms with Gasteiger partial charge >= 0.3 is 0 Å². The van der Waals surface area contributed by atoms with E-state index in [1.165, 1.54) is 6.07 Å². The first kappa shape index (κ1) is 13.9. The molecule has 0 saturated carbocycles. The van der Waals surface area contributed by atoms with Gasteiger partial charge in [0.2, 0.25) is 0 Å². The van der Waals surface area contributed by atoms with Gasteiger partial charge in [-0.15, -0.1) is 0 Å². The minimum atomic E-state index is -0.590. The molecular weight excluding hydrogens is 236 g/mol. The van der Waals surface area contributed by atoms with Gasteiger partial charge < -0.3 is 10.0 Å². The molecule has 96 valence electrons. The highest BCUT2D eigenvalue weighted by molar-refractivity contribution is 5.56. The molecule has 0 radical (unpaired) electrons. The number of aliphatic hydroxyl groups excluding tert-OH is 1. The zero-order valence-electron chi connectivity index (χ0n) is 10.2. The van der Waals surface area contributed by atoms with Crippen molar-refractivity contribution in [1.29, 1.82) is 5.26 Å². The van der Waals surface area contributed by atoms with E-state index in [-0.39, 0.29) is 11.3 Å². The first-order valence-corrected chi connectivity index (χ1v) is 5.39. The summed E-state index contributed by atoms with van der Waals surface area (Å²) in [6, 6.07) is 3.08. The van der Waals surface area contributed by atoms with Crippen molar-refractivity contribution in [3.63, 3.8) is 0 Å². The predicted octanol–water partition coefficient (Wildman–Crippen LogP) is 1.07. The molecule has 0 aliphatic carbocycles. The van der Waals surface area contributed by atoms with Crippen LogP contribution in [0, 0.1) is 21.4 Å². The number of aliphatic hydroxyl groups is 1. The van der Waals surface area contributed by atoms with E-state index >= 15 is 0 Å². The van der Waals surface area contributed by atoms with Crippen molar-refractivity contribution in [2.24, 2.45) is 0 Å². The number of hydrogen-bond acceptors (Lipinski definition) is 6. The van der Waals surface area contributed by atoms with Gasteiger partial charge in [-0.1, -0.05) is 0 Å². The molecule has 1 heterocycles. The number of aromatic nitrogens is 1. The Bertz CT molecular complexity index is 482. The maximum Gasteiger partial charge on any atom is 0.289 e. The molecule has 1 aromatic rings. The molecule has 0 bridgehead atoms. The quantitative estimate of drug-likeness (QED) is 0.619. The van der Waals surface area contributed by atoms with Crippen LogP contribution in [0.3, 0.4) is 0 Å². The van der Waals surface area contributed by atoms with Crippen LogP contribution < -0.4 is 4.90 Å². The fourth-order valence-electron chi connectivity index (χ4n) is 1.42. The van der Waals surface area contributed by atoms with Crippen molar-refractivity contribution >= 4 is 11.5 Å². The molecule has 0 aromatic carbocycles. The first-order chi connectivity index (χ1) is 8.45. The lowest BCUT2D eigenvalue weighted by atomic mass is 10.2. The zero-order chi connectivity index (χ0) is 13.7. The van der Waals surface area contributed by atoms with Crippen LogP contribution in [-0.2, 0) is 0 Å². The van der Waals surface area contributed by atoms with Crippen LogP contribution in [0.25, 0.3) is 0 Å². The molecule has 1 rings (SSSR count). The molecule has 7 heteroatoms. The van der Waals surface area contributed by atoms with E-state index in [2.05, 4.69) is 4.98 Å². The van der Waals surface area contributed by atoms with Crippen LogP contribution >= 0.6 is 0 Å². The minimum Gasteiger partial charge on any atom is -0.393 e. The van der Waals surface area contributed by atoms with Gasteiger partial charge in [-0.25, -0.2) is 4.98 Å². The number of pyridine rings is 1. The summed E-state index contributed by atoms with van der Waals surface area (Å²) in [6.45, 7) is 2.18. The van der Waals surface area contributed by atoms with Crippen molar-refractivity contribution in [2.45, 2.75) is 19.4 Å². The highest BCUT2D eigenvalue weighted by Crippen LogP contribution is 2.21. The third kappa shape index (κ3) is 3.40. The predicted molar refractivity (Wildman–Crippen MR) is 65.2 cm³/mol. The Labute approximate surface area is 104 Å². The van der Waals surface area contributed by atoms with Gasteiger partial charge in [0.25, 0.3) is 5.69 Å². The molecule has 0 saturated heterocycles. The van der Waals surface area contributed by atoms with Crippen LogP contribution in [0.4, 0.5) is 11.5 Å². The molecule has 18 heavy (non-hydrogen) atoms. The maximum absolute atomic E-state index is 10.6. The van der Waals surface area contributed by atoms with Crippen molar-refractivity contribution in [2.75, 3.05) is 18.5 Å². The fourth-order valence-corrected chi connectivity index (χ4v) is 1.42. The van der Waals surface area contributed by atoms with Crippen molar-refractivity contribution < 1.29 is 10.0 Å². The summed E-state index contributed by atoms with van der Waals surface area (Å²) in [6.07, 6.45) is 1.20. The number of nitriles is 1. The zero-order valence-corrected chi connectivity index (χ0v) is 10.2. The molecule has 1 aromatic heterocycles. The Kier molecular flexibility index (Phi) is 4.57. The fraction of sp³-hybridized carbons (Fsp3) is 0.455. The van der Waals surface area contributed by atoms with Gasteiger partial charge in [-0.2, -0.15) is 5.26 Å². The highest BCUT2D eigenvalue weighted by atomic mass is 16.6. The second-order valence-electron chi connectivity index (χ2n) is 3.99. The summed E-state index contributed by atoms with van der Waals surface area (Å²) in [4.78, 5) is 15.6. The van der Waals surface area contributed by atoms with Gasteiger partial charge in [0.15, 0.2) is 0 Å². The van der Waals surface area contributed by atoms with Crippen LogP contribution in [0.1, 0.15) is 18.9 Å². The van der Waals surface area contributed by atoms with E-state index in [1.54, 1.807) is 18.9 Å². The second kappa shape index (κ2) is 5.93. The molecule has 0 amide bonds. The molecule has 7 nitrogen and oxygen atoms in total. The van der Waals surface area contributed by atoms with Gasteiger partial charge in [-0.3, -0.25) is 10.1 Å². The smallest absolute Gasteiger partial charge is 0.289 e. The third-order valence-electron chi connectivity index (χ3n) is 2.43. The average Bonchev–Trinajstić information content (AvgIpc) is 2.34. The lowest BCUT2D eigenvalue weighted by Crippen LogP contribution is -2.23. The summed E-state index contributed by atoms with van der Waals surface area (Å²) in [5.41, 5.74) is -0.0588. The second-order valence-corrected chi connectivity index (χ2v) is 3.99. The van der Waals surface area contributed by atoms with Crippen LogP contribution in [0.15, 0.2) is 12.3 Å². The molecule has 1 atom stereocenters. The molecule has 1 N–H and O–H groups in total. The standard InChI is InChI=1S/C11H14N4O3/c1-8(16)3-4-14(2)11-9(6-12)5-10(7-13-11)15(17)18/h5,7-8,16H,3-4H2,1-2H3. The monoisotopic (exact) mass is 250 g/mol. The minimum absolute atomic E-state index is 0.150. The third-order valence-corrected chi connectivity index (χ3v) is 2.43. The van der Waals surface area contributed by atoms with E-state index < -0.39 is 11.0 Å². The Balaban J connectivity index is 2.95. The van der Waals surface area contributed by atoms with E-state index in [4.69, 9.17) is 5.26 Å². The number of rotatable bonds is 5. The number of nitrogens with zero attached hydrogens (tertiary/aromatic N) is 4. The lowest BCUT2D eigenvalue weighted by molar-refractivity contribution is -0.385. The average molecular weight is 250 g/mol. The first-order valence-electron chi connectivity index (χ1n) is 5.39. The highest BCUT2D eigenvalue weighted by Gasteiger charge is 2.15. The number of nitro groups is 1. The Morgan fingerprint density at radius 2 is 2.39 bits per heavy atom. The molecule has 0 fully saturated rings. The molecule has 0 aliphatic heterocycles. The lowest BCUT2D eigenvalue weighted by Gasteiger charge is -2.19. The van der Waals surface area contributed by atoms with Crippen molar-refractivity contribution in [1.82, 2.24) is 4.98 Å². The van der Waals surface area contributed by atoms with Crippen LogP contribution in [0.2, 0.25) is 0 Å². The summed E-state index contributed by atoms with van der Waals surface area (Å²) >= 11 is 0. The Morgan fingerprint density at radius 3 is 2.89 bits per heavy atom. The molecular formula is C11H14N4O3. The van der Waals surface area contributed by atoms with Gasteiger partial charge in [0, 0.05) is 19.7 Å². The molecule has 0 aliphatic rings. The topological polar surface area (TPSA) is 103 Å². The summed E-state index contributed by atoms with van der Waals surface area (Å²) < 4.78 is 0. The van der Waals surface area contributed by atoms with Gasteiger partial charge in [-0.05, 0) is 13.3 Å². The van der Waals surface area contributed by atoms with Gasteiger partial charge in [0.1, 0.15) is 23.6 Å². The van der Waals surface area contributed by atoms with E-state index in [0.29, 0.717) is 18.8 Å². The summed E-state index contributed by atoms with van der Waals surface area (Å²) in [5, 5.41) is 28.7.